The normalized spacial score (nSPS) is 15.6. The number of hydrogen-bond donors (Lipinski definition) is 1. The van der Waals surface area contributed by atoms with Crippen molar-refractivity contribution in [3.63, 3.8) is 0 Å². The Morgan fingerprint density at radius 1 is 1.15 bits per heavy atom. The number of fused-ring (bicyclic) bond motifs is 1. The highest BCUT2D eigenvalue weighted by atomic mass is 16.5. The molecule has 6 nitrogen and oxygen atoms in total. The Hall–Kier alpha value is -4.24. The molecule has 3 aromatic rings. The number of nitrogens with two attached hydrogens (primary N) is 1. The van der Waals surface area contributed by atoms with Crippen molar-refractivity contribution in [3.05, 3.63) is 101 Å². The summed E-state index contributed by atoms with van der Waals surface area (Å²) < 4.78 is 16.6. The SMILES string of the molecule is CC(C)(C)c1ccc(/C=C/C(=O)Oc2ccc3c(c2)OC(N)=C(C#N)C3c2ccco2)cc1. The summed E-state index contributed by atoms with van der Waals surface area (Å²) in [6.07, 6.45) is 4.62. The van der Waals surface area contributed by atoms with Gasteiger partial charge in [0.2, 0.25) is 5.88 Å². The van der Waals surface area contributed by atoms with Crippen LogP contribution in [0.3, 0.4) is 0 Å². The van der Waals surface area contributed by atoms with E-state index in [1.54, 1.807) is 36.4 Å². The summed E-state index contributed by atoms with van der Waals surface area (Å²) in [6, 6.07) is 18.6. The van der Waals surface area contributed by atoms with Crippen molar-refractivity contribution in [1.82, 2.24) is 0 Å². The zero-order chi connectivity index (χ0) is 23.6. The summed E-state index contributed by atoms with van der Waals surface area (Å²) in [6.45, 7) is 6.45. The van der Waals surface area contributed by atoms with Gasteiger partial charge in [0.05, 0.1) is 12.2 Å². The van der Waals surface area contributed by atoms with E-state index in [0.717, 1.165) is 5.56 Å². The molecule has 1 aliphatic rings. The Labute approximate surface area is 192 Å². The zero-order valence-electron chi connectivity index (χ0n) is 18.7. The first kappa shape index (κ1) is 22.0. The fourth-order valence-electron chi connectivity index (χ4n) is 3.66. The lowest BCUT2D eigenvalue weighted by molar-refractivity contribution is -0.128. The summed E-state index contributed by atoms with van der Waals surface area (Å²) >= 11 is 0. The van der Waals surface area contributed by atoms with Crippen LogP contribution >= 0.6 is 0 Å². The summed E-state index contributed by atoms with van der Waals surface area (Å²) in [4.78, 5) is 12.4. The number of rotatable bonds is 4. The van der Waals surface area contributed by atoms with E-state index in [2.05, 4.69) is 39.0 Å². The van der Waals surface area contributed by atoms with Gasteiger partial charge < -0.3 is 19.6 Å². The lowest BCUT2D eigenvalue weighted by Gasteiger charge is -2.25. The largest absolute Gasteiger partial charge is 0.468 e. The lowest BCUT2D eigenvalue weighted by Crippen LogP contribution is -2.20. The van der Waals surface area contributed by atoms with E-state index >= 15 is 0 Å². The van der Waals surface area contributed by atoms with Crippen molar-refractivity contribution >= 4 is 12.0 Å². The Balaban J connectivity index is 1.51. The average molecular weight is 440 g/mol. The highest BCUT2D eigenvalue weighted by Crippen LogP contribution is 2.43. The first-order valence-corrected chi connectivity index (χ1v) is 10.5. The Morgan fingerprint density at radius 3 is 2.55 bits per heavy atom. The number of benzene rings is 2. The van der Waals surface area contributed by atoms with Crippen LogP contribution in [0, 0.1) is 11.3 Å². The van der Waals surface area contributed by atoms with Crippen molar-refractivity contribution in [2.75, 3.05) is 0 Å². The molecule has 1 unspecified atom stereocenters. The molecule has 6 heteroatoms. The van der Waals surface area contributed by atoms with E-state index in [1.807, 2.05) is 12.1 Å². The molecule has 2 aromatic carbocycles. The molecule has 0 radical (unpaired) electrons. The van der Waals surface area contributed by atoms with E-state index in [4.69, 9.17) is 19.6 Å². The van der Waals surface area contributed by atoms with Gasteiger partial charge in [-0.1, -0.05) is 51.1 Å². The maximum Gasteiger partial charge on any atom is 0.336 e. The van der Waals surface area contributed by atoms with Crippen LogP contribution in [0.15, 0.2) is 82.8 Å². The monoisotopic (exact) mass is 440 g/mol. The number of carbonyl (C=O) groups excluding carboxylic acids is 1. The summed E-state index contributed by atoms with van der Waals surface area (Å²) in [5.41, 5.74) is 9.13. The second-order valence-corrected chi connectivity index (χ2v) is 8.77. The Bertz CT molecular complexity index is 1270. The van der Waals surface area contributed by atoms with E-state index in [1.165, 1.54) is 17.9 Å². The third-order valence-electron chi connectivity index (χ3n) is 5.43. The molecule has 0 bridgehead atoms. The number of nitrogens with zero attached hydrogens (tertiary/aromatic N) is 1. The second-order valence-electron chi connectivity index (χ2n) is 8.77. The molecule has 1 aromatic heterocycles. The van der Waals surface area contributed by atoms with Gasteiger partial charge in [-0.05, 0) is 40.8 Å². The Kier molecular flexibility index (Phi) is 5.80. The fraction of sp³-hybridized carbons (Fsp3) is 0.185. The number of allylic oxidation sites excluding steroid dienone is 1. The topological polar surface area (TPSA) is 98.5 Å². The first-order chi connectivity index (χ1) is 15.8. The first-order valence-electron chi connectivity index (χ1n) is 10.5. The molecule has 4 rings (SSSR count). The number of furan rings is 1. The molecule has 0 saturated carbocycles. The molecule has 0 fully saturated rings. The zero-order valence-corrected chi connectivity index (χ0v) is 18.7. The standard InChI is InChI=1S/C27H24N2O4/c1-27(2,3)18-9-6-17(7-10-18)8-13-24(30)32-19-11-12-20-23(15-19)33-26(29)21(16-28)25(20)22-5-4-14-31-22/h4-15,25H,29H2,1-3H3/b13-8+. The van der Waals surface area contributed by atoms with Crippen molar-refractivity contribution in [2.24, 2.45) is 5.73 Å². The van der Waals surface area contributed by atoms with Crippen LogP contribution in [0.4, 0.5) is 0 Å². The van der Waals surface area contributed by atoms with Crippen molar-refractivity contribution in [3.8, 4) is 17.6 Å². The van der Waals surface area contributed by atoms with Gasteiger partial charge in [0.25, 0.3) is 0 Å². The van der Waals surface area contributed by atoms with Gasteiger partial charge in [0.1, 0.15) is 28.9 Å². The van der Waals surface area contributed by atoms with Crippen LogP contribution in [-0.4, -0.2) is 5.97 Å². The molecule has 166 valence electrons. The molecule has 1 aliphatic heterocycles. The minimum Gasteiger partial charge on any atom is -0.468 e. The maximum absolute atomic E-state index is 12.4. The summed E-state index contributed by atoms with van der Waals surface area (Å²) in [5, 5.41) is 9.55. The molecule has 2 N–H and O–H groups in total. The van der Waals surface area contributed by atoms with Gasteiger partial charge >= 0.3 is 5.97 Å². The van der Waals surface area contributed by atoms with Crippen molar-refractivity contribution in [2.45, 2.75) is 32.1 Å². The number of esters is 1. The van der Waals surface area contributed by atoms with Gasteiger partial charge in [-0.2, -0.15) is 5.26 Å². The summed E-state index contributed by atoms with van der Waals surface area (Å²) in [5.74, 6) is 0.263. The highest BCUT2D eigenvalue weighted by Gasteiger charge is 2.32. The molecule has 1 atom stereocenters. The highest BCUT2D eigenvalue weighted by molar-refractivity contribution is 5.88. The predicted octanol–water partition coefficient (Wildman–Crippen LogP) is 5.41. The summed E-state index contributed by atoms with van der Waals surface area (Å²) in [7, 11) is 0. The molecule has 2 heterocycles. The maximum atomic E-state index is 12.4. The van der Waals surface area contributed by atoms with E-state index < -0.39 is 11.9 Å². The number of hydrogen-bond acceptors (Lipinski definition) is 6. The van der Waals surface area contributed by atoms with E-state index in [9.17, 15) is 10.1 Å². The van der Waals surface area contributed by atoms with Crippen molar-refractivity contribution < 1.29 is 18.7 Å². The van der Waals surface area contributed by atoms with Gasteiger partial charge in [-0.25, -0.2) is 4.79 Å². The number of nitriles is 1. The molecular weight excluding hydrogens is 416 g/mol. The molecule has 33 heavy (non-hydrogen) atoms. The third-order valence-corrected chi connectivity index (χ3v) is 5.43. The minimum atomic E-state index is -0.519. The smallest absolute Gasteiger partial charge is 0.336 e. The Morgan fingerprint density at radius 2 is 1.91 bits per heavy atom. The molecule has 0 aliphatic carbocycles. The van der Waals surface area contributed by atoms with Crippen LogP contribution in [-0.2, 0) is 10.2 Å². The number of ether oxygens (including phenoxy) is 2. The quantitative estimate of drug-likeness (QED) is 0.331. The van der Waals surface area contributed by atoms with Gasteiger partial charge in [-0.3, -0.25) is 0 Å². The molecular formula is C27H24N2O4. The van der Waals surface area contributed by atoms with Gasteiger partial charge in [-0.15, -0.1) is 0 Å². The fourth-order valence-corrected chi connectivity index (χ4v) is 3.66. The van der Waals surface area contributed by atoms with Crippen LogP contribution in [0.2, 0.25) is 0 Å². The van der Waals surface area contributed by atoms with Crippen LogP contribution in [0.25, 0.3) is 6.08 Å². The van der Waals surface area contributed by atoms with Crippen LogP contribution in [0.5, 0.6) is 11.5 Å². The number of carbonyl (C=O) groups is 1. The van der Waals surface area contributed by atoms with E-state index in [0.29, 0.717) is 22.8 Å². The molecule has 0 amide bonds. The lowest BCUT2D eigenvalue weighted by atomic mass is 9.87. The molecule has 0 spiro atoms. The van der Waals surface area contributed by atoms with Gasteiger partial charge in [0, 0.05) is 17.7 Å². The van der Waals surface area contributed by atoms with E-state index in [-0.39, 0.29) is 16.9 Å². The van der Waals surface area contributed by atoms with Crippen molar-refractivity contribution in [1.29, 1.82) is 5.26 Å². The van der Waals surface area contributed by atoms with Crippen LogP contribution in [0.1, 0.15) is 49.1 Å². The molecule has 0 saturated heterocycles. The minimum absolute atomic E-state index is 0.00604. The third kappa shape index (κ3) is 4.68. The predicted molar refractivity (Wildman–Crippen MR) is 124 cm³/mol. The second kappa shape index (κ2) is 8.71. The van der Waals surface area contributed by atoms with Crippen LogP contribution < -0.4 is 15.2 Å². The van der Waals surface area contributed by atoms with Gasteiger partial charge in [0.15, 0.2) is 0 Å². The average Bonchev–Trinajstić information content (AvgIpc) is 3.31.